The summed E-state index contributed by atoms with van der Waals surface area (Å²) in [6, 6.07) is 0.335. The minimum Gasteiger partial charge on any atom is -0.394 e. The zero-order valence-corrected chi connectivity index (χ0v) is 19.0. The summed E-state index contributed by atoms with van der Waals surface area (Å²) in [6.45, 7) is -0.466. The smallest absolute Gasteiger partial charge is 0.394 e. The van der Waals surface area contributed by atoms with Gasteiger partial charge < -0.3 is 64.7 Å². The molecule has 0 aliphatic carbocycles. The Morgan fingerprint density at radius 1 is 1.06 bits per heavy atom. The maximum atomic E-state index is 11.7. The molecule has 0 bridgehead atoms. The number of anilines is 1. The number of aromatic nitrogens is 2. The molecule has 13 N–H and O–H groups in total. The summed E-state index contributed by atoms with van der Waals surface area (Å²) in [5.74, 6) is 0.0406. The summed E-state index contributed by atoms with van der Waals surface area (Å²) in [5.41, 5.74) is 13.2. The fourth-order valence-electron chi connectivity index (χ4n) is 1.91. The van der Waals surface area contributed by atoms with Crippen molar-refractivity contribution in [2.45, 2.75) is 24.5 Å². The molecule has 0 aromatic carbocycles. The van der Waals surface area contributed by atoms with Crippen LogP contribution in [-0.2, 0) is 18.4 Å². The third-order valence-electron chi connectivity index (χ3n) is 2.83. The first-order chi connectivity index (χ1) is 15.1. The van der Waals surface area contributed by atoms with Crippen molar-refractivity contribution >= 4 is 29.3 Å². The van der Waals surface area contributed by atoms with E-state index in [1.165, 1.54) is 12.3 Å². The normalized spacial score (nSPS) is 22.0. The number of rotatable bonds is 3. The Labute approximate surface area is 187 Å². The molecule has 2 rings (SSSR count). The maximum Gasteiger partial charge on any atom is 0.466 e. The Balaban J connectivity index is 0. The van der Waals surface area contributed by atoms with Crippen molar-refractivity contribution < 1.29 is 72.7 Å². The van der Waals surface area contributed by atoms with E-state index in [1.807, 2.05) is 0 Å². The molecule has 1 saturated heterocycles. The van der Waals surface area contributed by atoms with E-state index in [2.05, 4.69) is 15.0 Å². The quantitative estimate of drug-likeness (QED) is 0.0721. The summed E-state index contributed by atoms with van der Waals surface area (Å²) in [4.78, 5) is 82.5. The molecule has 1 fully saturated rings. The third-order valence-corrected chi connectivity index (χ3v) is 2.83. The molecule has 4 atom stereocenters. The van der Waals surface area contributed by atoms with Gasteiger partial charge in [-0.05, 0) is 11.6 Å². The van der Waals surface area contributed by atoms with E-state index in [0.717, 1.165) is 4.57 Å². The van der Waals surface area contributed by atoms with Gasteiger partial charge in [0.05, 0.1) is 12.7 Å². The Bertz CT molecular complexity index is 939. The molecular formula is C9H21N6O16P3. The monoisotopic (exact) mass is 562 g/mol. The Morgan fingerprint density at radius 3 is 1.79 bits per heavy atom. The Kier molecular flexibility index (Phi) is 14.7. The van der Waals surface area contributed by atoms with Gasteiger partial charge in [-0.15, -0.1) is 0 Å². The molecular weight excluding hydrogens is 541 g/mol. The van der Waals surface area contributed by atoms with Gasteiger partial charge in [0.2, 0.25) is 0 Å². The number of phosphoric acid groups is 3. The number of aliphatic hydroxyl groups is 2. The van der Waals surface area contributed by atoms with Gasteiger partial charge in [-0.1, -0.05) is 5.11 Å². The lowest BCUT2D eigenvalue weighted by Gasteiger charge is -2.17. The van der Waals surface area contributed by atoms with Crippen LogP contribution in [-0.4, -0.2) is 88.7 Å². The highest BCUT2D eigenvalue weighted by Crippen LogP contribution is 2.31. The van der Waals surface area contributed by atoms with Crippen molar-refractivity contribution in [1.29, 1.82) is 0 Å². The molecule has 22 nitrogen and oxygen atoms in total. The second-order valence-corrected chi connectivity index (χ2v) is 8.60. The summed E-state index contributed by atoms with van der Waals surface area (Å²) >= 11 is 0. The van der Waals surface area contributed by atoms with E-state index in [1.54, 1.807) is 0 Å². The SMILES string of the molecule is O=P(O)(O)O.O=P(O)(O)O.O=P(O)(O)O.[N-]=[N+]=NC1[C@H](n2ccc(N)nc2=O)O[C@H](CO)[C@H]1O. The standard InChI is InChI=1S/C9H12N6O4.3H3O4P/c10-5-1-2-15(9(18)12-5)8-6(13-14-11)7(17)4(3-16)19-8;3*1-5(2,3)4/h1-2,4,6-8,16-17H,3H2,(H2,10,12,18);3*(H3,1,2,3,4)/t4-,6?,7-,8-;;;/m1.../s1. The van der Waals surface area contributed by atoms with Crippen LogP contribution in [0.15, 0.2) is 22.2 Å². The highest BCUT2D eigenvalue weighted by atomic mass is 31.2. The minimum absolute atomic E-state index is 0.0406. The average molecular weight is 562 g/mol. The van der Waals surface area contributed by atoms with Crippen molar-refractivity contribution in [3.63, 3.8) is 0 Å². The van der Waals surface area contributed by atoms with Crippen molar-refractivity contribution in [2.24, 2.45) is 5.11 Å². The molecule has 0 saturated carbocycles. The minimum atomic E-state index is -4.64. The van der Waals surface area contributed by atoms with E-state index in [4.69, 9.17) is 78.8 Å². The molecule has 2 heterocycles. The highest BCUT2D eigenvalue weighted by molar-refractivity contribution is 7.45. The van der Waals surface area contributed by atoms with Gasteiger partial charge in [-0.3, -0.25) is 4.57 Å². The zero-order chi connectivity index (χ0) is 27.5. The van der Waals surface area contributed by atoms with Crippen LogP contribution in [0, 0.1) is 0 Å². The van der Waals surface area contributed by atoms with Crippen LogP contribution in [0.25, 0.3) is 10.4 Å². The molecule has 198 valence electrons. The lowest BCUT2D eigenvalue weighted by Crippen LogP contribution is -2.34. The second-order valence-electron chi connectivity index (χ2n) is 5.52. The molecule has 1 aliphatic rings. The molecule has 0 radical (unpaired) electrons. The number of nitrogens with two attached hydrogens (primary N) is 1. The summed E-state index contributed by atoms with van der Waals surface area (Å²) in [6.07, 6.45) is -1.87. The summed E-state index contributed by atoms with van der Waals surface area (Å²) in [7, 11) is -13.9. The molecule has 0 amide bonds. The van der Waals surface area contributed by atoms with Gasteiger partial charge in [-0.25, -0.2) is 18.5 Å². The van der Waals surface area contributed by atoms with Crippen molar-refractivity contribution in [1.82, 2.24) is 9.55 Å². The number of hydrogen-bond acceptors (Lipinski definition) is 10. The van der Waals surface area contributed by atoms with Gasteiger partial charge in [0, 0.05) is 11.1 Å². The number of nitrogen functional groups attached to an aromatic ring is 1. The summed E-state index contributed by atoms with van der Waals surface area (Å²) < 4.78 is 33.0. The van der Waals surface area contributed by atoms with E-state index in [9.17, 15) is 9.90 Å². The predicted octanol–water partition coefficient (Wildman–Crippen LogP) is -4.03. The number of ether oxygens (including phenoxy) is 1. The van der Waals surface area contributed by atoms with Gasteiger partial charge in [0.1, 0.15) is 24.2 Å². The summed E-state index contributed by atoms with van der Waals surface area (Å²) in [5, 5.41) is 22.3. The highest BCUT2D eigenvalue weighted by Gasteiger charge is 2.44. The Morgan fingerprint density at radius 2 is 1.47 bits per heavy atom. The largest absolute Gasteiger partial charge is 0.466 e. The molecule has 25 heteroatoms. The van der Waals surface area contributed by atoms with E-state index < -0.39 is 60.2 Å². The molecule has 0 spiro atoms. The average Bonchev–Trinajstić information content (AvgIpc) is 2.87. The number of aliphatic hydroxyl groups excluding tert-OH is 2. The first-order valence-corrected chi connectivity index (χ1v) is 12.5. The number of azide groups is 1. The second kappa shape index (κ2) is 14.6. The van der Waals surface area contributed by atoms with E-state index in [-0.39, 0.29) is 5.82 Å². The van der Waals surface area contributed by atoms with E-state index in [0.29, 0.717) is 0 Å². The van der Waals surface area contributed by atoms with Crippen LogP contribution in [0.1, 0.15) is 6.23 Å². The number of nitrogens with zero attached hydrogens (tertiary/aromatic N) is 5. The van der Waals surface area contributed by atoms with Gasteiger partial charge >= 0.3 is 29.2 Å². The zero-order valence-electron chi connectivity index (χ0n) is 16.3. The molecule has 1 unspecified atom stereocenters. The lowest BCUT2D eigenvalue weighted by atomic mass is 10.1. The van der Waals surface area contributed by atoms with Gasteiger partial charge in [-0.2, -0.15) is 4.98 Å². The molecule has 1 aromatic rings. The van der Waals surface area contributed by atoms with E-state index >= 15 is 0 Å². The predicted molar refractivity (Wildman–Crippen MR) is 106 cm³/mol. The topological polar surface area (TPSA) is 393 Å². The van der Waals surface area contributed by atoms with Crippen molar-refractivity contribution in [2.75, 3.05) is 12.3 Å². The molecule has 34 heavy (non-hydrogen) atoms. The maximum absolute atomic E-state index is 11.7. The fourth-order valence-corrected chi connectivity index (χ4v) is 1.91. The van der Waals surface area contributed by atoms with Crippen molar-refractivity contribution in [3.8, 4) is 0 Å². The first kappa shape index (κ1) is 34.4. The van der Waals surface area contributed by atoms with Crippen LogP contribution >= 0.6 is 23.5 Å². The van der Waals surface area contributed by atoms with Crippen LogP contribution in [0.3, 0.4) is 0 Å². The fraction of sp³-hybridized carbons (Fsp3) is 0.556. The van der Waals surface area contributed by atoms with Crippen molar-refractivity contribution in [3.05, 3.63) is 33.2 Å². The lowest BCUT2D eigenvalue weighted by molar-refractivity contribution is -0.0464. The van der Waals surface area contributed by atoms with Crippen LogP contribution in [0.2, 0.25) is 0 Å². The molecule has 1 aromatic heterocycles. The first-order valence-electron chi connectivity index (χ1n) is 7.76. The van der Waals surface area contributed by atoms with Gasteiger partial charge in [0.25, 0.3) is 0 Å². The molecule has 1 aliphatic heterocycles. The third kappa shape index (κ3) is 19.6. The number of hydrogen-bond donors (Lipinski definition) is 12. The Hall–Kier alpha value is -1.80. The van der Waals surface area contributed by atoms with Crippen LogP contribution in [0.5, 0.6) is 0 Å². The van der Waals surface area contributed by atoms with Crippen LogP contribution in [0.4, 0.5) is 5.82 Å². The van der Waals surface area contributed by atoms with Crippen LogP contribution < -0.4 is 11.4 Å². The van der Waals surface area contributed by atoms with Gasteiger partial charge in [0.15, 0.2) is 0 Å².